The zero-order chi connectivity index (χ0) is 11.5. The van der Waals surface area contributed by atoms with Crippen molar-refractivity contribution in [2.45, 2.75) is 5.07 Å². The van der Waals surface area contributed by atoms with E-state index in [0.717, 1.165) is 7.11 Å². The molecule has 0 unspecified atom stereocenters. The second-order valence-corrected chi connectivity index (χ2v) is 4.86. The van der Waals surface area contributed by atoms with Crippen LogP contribution < -0.4 is 4.46 Å². The summed E-state index contributed by atoms with van der Waals surface area (Å²) in [4.78, 5) is 11.1. The molecule has 0 fully saturated rings. The number of alkyl halides is 3. The van der Waals surface area contributed by atoms with E-state index in [1.54, 1.807) is 0 Å². The quantitative estimate of drug-likeness (QED) is 0.604. The van der Waals surface area contributed by atoms with Gasteiger partial charge in [-0.15, -0.1) is 0 Å². The van der Waals surface area contributed by atoms with Crippen LogP contribution in [0.4, 0.5) is 13.2 Å². The van der Waals surface area contributed by atoms with Crippen molar-refractivity contribution in [1.82, 2.24) is 0 Å². The predicted octanol–water partition coefficient (Wildman–Crippen LogP) is 1.32. The number of hydrogen-bond acceptors (Lipinski definition) is 2. The van der Waals surface area contributed by atoms with Crippen molar-refractivity contribution >= 4 is 25.4 Å². The van der Waals surface area contributed by atoms with Gasteiger partial charge in [0, 0.05) is 0 Å². The summed E-state index contributed by atoms with van der Waals surface area (Å²) >= 11 is -1.72. The molecule has 2 nitrogen and oxygen atoms in total. The van der Waals surface area contributed by atoms with Crippen LogP contribution in [0.5, 0.6) is 0 Å². The molecule has 1 aromatic carbocycles. The standard InChI is InChI=1S/C9H7F3O2Se/c1-14-8(13)6-4-2-3-5-7(6)15-9(10,11)12/h2-5H,1H3. The normalized spacial score (nSPS) is 11.2. The molecule has 0 N–H and O–H groups in total. The van der Waals surface area contributed by atoms with Gasteiger partial charge in [-0.1, -0.05) is 0 Å². The van der Waals surface area contributed by atoms with Crippen LogP contribution >= 0.6 is 0 Å². The molecule has 0 aliphatic rings. The molecule has 0 atom stereocenters. The van der Waals surface area contributed by atoms with Crippen LogP contribution in [0.3, 0.4) is 0 Å². The number of methoxy groups -OCH3 is 1. The molecule has 1 aromatic rings. The van der Waals surface area contributed by atoms with Gasteiger partial charge in [-0.05, 0) is 0 Å². The molecule has 0 saturated carbocycles. The Balaban J connectivity index is 3.02. The second kappa shape index (κ2) is 4.68. The van der Waals surface area contributed by atoms with Gasteiger partial charge in [0.2, 0.25) is 0 Å². The van der Waals surface area contributed by atoms with Crippen molar-refractivity contribution in [2.24, 2.45) is 0 Å². The van der Waals surface area contributed by atoms with Crippen molar-refractivity contribution < 1.29 is 22.7 Å². The summed E-state index contributed by atoms with van der Waals surface area (Å²) in [6.07, 6.45) is 0. The zero-order valence-electron chi connectivity index (χ0n) is 7.67. The fraction of sp³-hybridized carbons (Fsp3) is 0.222. The van der Waals surface area contributed by atoms with Crippen LogP contribution in [-0.2, 0) is 4.74 Å². The molecular formula is C9H7F3O2Se. The Hall–Kier alpha value is -1.00. The average Bonchev–Trinajstić information content (AvgIpc) is 2.15. The summed E-state index contributed by atoms with van der Waals surface area (Å²) in [5, 5.41) is -4.27. The molecule has 0 aliphatic heterocycles. The van der Waals surface area contributed by atoms with Crippen LogP contribution in [0, 0.1) is 0 Å². The van der Waals surface area contributed by atoms with Crippen molar-refractivity contribution in [3.8, 4) is 0 Å². The molecule has 15 heavy (non-hydrogen) atoms. The summed E-state index contributed by atoms with van der Waals surface area (Å²) in [7, 11) is 1.14. The van der Waals surface area contributed by atoms with Gasteiger partial charge in [0.05, 0.1) is 0 Å². The third-order valence-corrected chi connectivity index (χ3v) is 3.21. The first kappa shape index (κ1) is 12.1. The van der Waals surface area contributed by atoms with Crippen molar-refractivity contribution in [1.29, 1.82) is 0 Å². The van der Waals surface area contributed by atoms with Gasteiger partial charge in [0.25, 0.3) is 0 Å². The van der Waals surface area contributed by atoms with Gasteiger partial charge in [0.1, 0.15) is 0 Å². The van der Waals surface area contributed by atoms with E-state index in [4.69, 9.17) is 0 Å². The Morgan fingerprint density at radius 2 is 1.93 bits per heavy atom. The van der Waals surface area contributed by atoms with E-state index < -0.39 is 26.0 Å². The minimum atomic E-state index is -4.27. The first-order valence-electron chi connectivity index (χ1n) is 3.87. The number of esters is 1. The second-order valence-electron chi connectivity index (χ2n) is 2.54. The Labute approximate surface area is 90.6 Å². The third-order valence-electron chi connectivity index (χ3n) is 1.52. The maximum absolute atomic E-state index is 12.2. The first-order valence-corrected chi connectivity index (χ1v) is 5.58. The molecule has 0 amide bonds. The van der Waals surface area contributed by atoms with Crippen LogP contribution in [0.1, 0.15) is 10.4 Å². The van der Waals surface area contributed by atoms with E-state index >= 15 is 0 Å². The Bertz CT molecular complexity index is 363. The molecule has 6 heteroatoms. The van der Waals surface area contributed by atoms with Gasteiger partial charge >= 0.3 is 90.1 Å². The molecule has 0 saturated heterocycles. The fourth-order valence-electron chi connectivity index (χ4n) is 0.959. The molecule has 0 radical (unpaired) electrons. The fourth-order valence-corrected chi connectivity index (χ4v) is 2.34. The number of carbonyl (C=O) groups excluding carboxylic acids is 1. The van der Waals surface area contributed by atoms with Crippen molar-refractivity contribution in [3.05, 3.63) is 29.8 Å². The minimum absolute atomic E-state index is 0.00986. The van der Waals surface area contributed by atoms with Gasteiger partial charge in [0.15, 0.2) is 0 Å². The molecule has 82 valence electrons. The van der Waals surface area contributed by atoms with E-state index in [-0.39, 0.29) is 10.0 Å². The monoisotopic (exact) mass is 284 g/mol. The number of carbonyl (C=O) groups is 1. The number of hydrogen-bond donors (Lipinski definition) is 0. The van der Waals surface area contributed by atoms with Gasteiger partial charge in [-0.3, -0.25) is 0 Å². The Kier molecular flexibility index (Phi) is 3.77. The van der Waals surface area contributed by atoms with Crippen molar-refractivity contribution in [3.63, 3.8) is 0 Å². The summed E-state index contributed by atoms with van der Waals surface area (Å²) in [6.45, 7) is 0. The van der Waals surface area contributed by atoms with E-state index in [9.17, 15) is 18.0 Å². The summed E-state index contributed by atoms with van der Waals surface area (Å²) in [5.41, 5.74) is -0.0164. The number of rotatable bonds is 2. The van der Waals surface area contributed by atoms with E-state index in [1.165, 1.54) is 24.3 Å². The summed E-state index contributed by atoms with van der Waals surface area (Å²) in [5.74, 6) is -0.739. The van der Waals surface area contributed by atoms with E-state index in [0.29, 0.717) is 0 Å². The number of ether oxygens (including phenoxy) is 1. The molecule has 0 aliphatic carbocycles. The predicted molar refractivity (Wildman–Crippen MR) is 49.2 cm³/mol. The Morgan fingerprint density at radius 3 is 2.47 bits per heavy atom. The van der Waals surface area contributed by atoms with Crippen LogP contribution in [-0.4, -0.2) is 33.1 Å². The average molecular weight is 283 g/mol. The van der Waals surface area contributed by atoms with E-state index in [1.807, 2.05) is 0 Å². The van der Waals surface area contributed by atoms with Crippen LogP contribution in [0.25, 0.3) is 0 Å². The summed E-state index contributed by atoms with van der Waals surface area (Å²) < 4.78 is 40.9. The van der Waals surface area contributed by atoms with Crippen LogP contribution in [0.15, 0.2) is 24.3 Å². The first-order chi connectivity index (χ1) is 6.94. The molecule has 0 heterocycles. The van der Waals surface area contributed by atoms with Gasteiger partial charge < -0.3 is 0 Å². The SMILES string of the molecule is COC(=O)c1ccccc1[Se]C(F)(F)F. The van der Waals surface area contributed by atoms with Crippen molar-refractivity contribution in [2.75, 3.05) is 7.11 Å². The number of halogens is 3. The van der Waals surface area contributed by atoms with Crippen LogP contribution in [0.2, 0.25) is 0 Å². The topological polar surface area (TPSA) is 26.3 Å². The molecule has 1 rings (SSSR count). The van der Waals surface area contributed by atoms with E-state index in [2.05, 4.69) is 4.74 Å². The maximum atomic E-state index is 12.2. The molecule has 0 spiro atoms. The number of benzene rings is 1. The summed E-state index contributed by atoms with van der Waals surface area (Å²) in [6, 6.07) is 5.59. The van der Waals surface area contributed by atoms with Gasteiger partial charge in [-0.2, -0.15) is 0 Å². The molecular weight excluding hydrogens is 276 g/mol. The third kappa shape index (κ3) is 3.57. The zero-order valence-corrected chi connectivity index (χ0v) is 9.38. The van der Waals surface area contributed by atoms with Gasteiger partial charge in [-0.25, -0.2) is 0 Å². The molecule has 0 bridgehead atoms. The molecule has 0 aromatic heterocycles. The Morgan fingerprint density at radius 1 is 1.33 bits per heavy atom.